The highest BCUT2D eigenvalue weighted by molar-refractivity contribution is 5.97. The van der Waals surface area contributed by atoms with E-state index < -0.39 is 6.04 Å². The molecule has 0 radical (unpaired) electrons. The Bertz CT molecular complexity index is 707. The van der Waals surface area contributed by atoms with Gasteiger partial charge in [-0.15, -0.1) is 0 Å². The van der Waals surface area contributed by atoms with Gasteiger partial charge in [-0.25, -0.2) is 0 Å². The maximum Gasteiger partial charge on any atom is 0.251 e. The fourth-order valence-corrected chi connectivity index (χ4v) is 3.43. The number of ether oxygens (including phenoxy) is 1. The molecule has 1 aromatic rings. The molecule has 1 aliphatic heterocycles. The smallest absolute Gasteiger partial charge is 0.251 e. The second-order valence-corrected chi connectivity index (χ2v) is 7.49. The van der Waals surface area contributed by atoms with Crippen molar-refractivity contribution in [2.75, 3.05) is 20.1 Å². The summed E-state index contributed by atoms with van der Waals surface area (Å²) in [7, 11) is 1.55. The first-order valence-electron chi connectivity index (χ1n) is 10.1. The van der Waals surface area contributed by atoms with E-state index in [9.17, 15) is 14.4 Å². The first-order valence-corrected chi connectivity index (χ1v) is 10.1. The van der Waals surface area contributed by atoms with E-state index in [0.29, 0.717) is 23.6 Å². The van der Waals surface area contributed by atoms with E-state index in [0.717, 1.165) is 38.8 Å². The molecule has 7 heteroatoms. The number of hydrogen-bond acceptors (Lipinski definition) is 4. The minimum absolute atomic E-state index is 0.0839. The molecule has 0 spiro atoms. The lowest BCUT2D eigenvalue weighted by Gasteiger charge is -2.32. The Labute approximate surface area is 165 Å². The molecule has 3 rings (SSSR count). The molecule has 1 unspecified atom stereocenters. The van der Waals surface area contributed by atoms with Crippen LogP contribution in [0.1, 0.15) is 49.4 Å². The van der Waals surface area contributed by atoms with E-state index in [1.807, 2.05) is 11.8 Å². The topological polar surface area (TPSA) is 87.7 Å². The van der Waals surface area contributed by atoms with E-state index in [2.05, 4.69) is 10.6 Å². The molecule has 1 aromatic carbocycles. The van der Waals surface area contributed by atoms with Crippen LogP contribution in [0, 0.1) is 5.92 Å². The maximum absolute atomic E-state index is 12.3. The van der Waals surface area contributed by atoms with Gasteiger partial charge in [0, 0.05) is 44.5 Å². The fourth-order valence-electron chi connectivity index (χ4n) is 3.43. The summed E-state index contributed by atoms with van der Waals surface area (Å²) in [5, 5.41) is 5.28. The molecule has 0 aromatic heterocycles. The van der Waals surface area contributed by atoms with Gasteiger partial charge in [-0.2, -0.15) is 0 Å². The third-order valence-electron chi connectivity index (χ3n) is 5.38. The number of piperidine rings is 1. The van der Waals surface area contributed by atoms with Gasteiger partial charge >= 0.3 is 0 Å². The Morgan fingerprint density at radius 1 is 1.11 bits per heavy atom. The lowest BCUT2D eigenvalue weighted by Crippen LogP contribution is -2.45. The lowest BCUT2D eigenvalue weighted by atomic mass is 10.1. The Morgan fingerprint density at radius 3 is 2.29 bits per heavy atom. The molecule has 1 heterocycles. The van der Waals surface area contributed by atoms with Gasteiger partial charge in [0.25, 0.3) is 5.91 Å². The van der Waals surface area contributed by atoms with Gasteiger partial charge in [-0.1, -0.05) is 6.92 Å². The highest BCUT2D eigenvalue weighted by atomic mass is 16.5. The summed E-state index contributed by atoms with van der Waals surface area (Å²) < 4.78 is 6.02. The van der Waals surface area contributed by atoms with Gasteiger partial charge in [0.1, 0.15) is 17.9 Å². The summed E-state index contributed by atoms with van der Waals surface area (Å²) >= 11 is 0. The van der Waals surface area contributed by atoms with Crippen LogP contribution in [0.5, 0.6) is 5.75 Å². The number of carbonyl (C=O) groups is 3. The van der Waals surface area contributed by atoms with Crippen LogP contribution >= 0.6 is 0 Å². The first kappa shape index (κ1) is 20.2. The molecule has 0 bridgehead atoms. The largest absolute Gasteiger partial charge is 0.490 e. The normalized spacial score (nSPS) is 18.3. The van der Waals surface area contributed by atoms with Crippen LogP contribution < -0.4 is 15.4 Å². The van der Waals surface area contributed by atoms with Crippen molar-refractivity contribution in [2.24, 2.45) is 5.92 Å². The molecule has 28 heavy (non-hydrogen) atoms. The zero-order chi connectivity index (χ0) is 20.1. The number of nitrogens with one attached hydrogen (secondary N) is 2. The average Bonchev–Trinajstić information content (AvgIpc) is 3.57. The number of carbonyl (C=O) groups excluding carboxylic acids is 3. The summed E-state index contributed by atoms with van der Waals surface area (Å²) in [5.74, 6) is 0.792. The van der Waals surface area contributed by atoms with E-state index in [4.69, 9.17) is 4.74 Å². The van der Waals surface area contributed by atoms with Crippen molar-refractivity contribution < 1.29 is 19.1 Å². The second kappa shape index (κ2) is 9.08. The summed E-state index contributed by atoms with van der Waals surface area (Å²) in [6, 6.07) is 6.41. The van der Waals surface area contributed by atoms with Crippen molar-refractivity contribution in [3.05, 3.63) is 29.8 Å². The molecule has 3 amide bonds. The van der Waals surface area contributed by atoms with E-state index >= 15 is 0 Å². The Kier molecular flexibility index (Phi) is 6.54. The van der Waals surface area contributed by atoms with Crippen molar-refractivity contribution in [2.45, 2.75) is 51.2 Å². The van der Waals surface area contributed by atoms with Gasteiger partial charge in [-0.05, 0) is 43.5 Å². The third kappa shape index (κ3) is 5.03. The standard InChI is InChI=1S/C21H29N3O4/c1-3-18(20(26)22-2)23-19(25)14-6-8-16(9-7-14)28-17-10-12-24(13-11-17)21(27)15-4-5-15/h6-9,15,17-18H,3-5,10-13H2,1-2H3,(H,22,26)(H,23,25). The summed E-state index contributed by atoms with van der Waals surface area (Å²) in [5.41, 5.74) is 0.486. The molecular weight excluding hydrogens is 358 g/mol. The quantitative estimate of drug-likeness (QED) is 0.746. The third-order valence-corrected chi connectivity index (χ3v) is 5.38. The molecule has 1 aliphatic carbocycles. The van der Waals surface area contributed by atoms with Crippen LogP contribution in [0.4, 0.5) is 0 Å². The number of likely N-dealkylation sites (tertiary alicyclic amines) is 1. The second-order valence-electron chi connectivity index (χ2n) is 7.49. The van der Waals surface area contributed by atoms with Crippen LogP contribution in [-0.4, -0.2) is 54.9 Å². The van der Waals surface area contributed by atoms with E-state index in [1.54, 1.807) is 31.3 Å². The first-order chi connectivity index (χ1) is 13.5. The molecule has 2 aliphatic rings. The predicted octanol–water partition coefficient (Wildman–Crippen LogP) is 1.72. The average molecular weight is 387 g/mol. The van der Waals surface area contributed by atoms with E-state index in [-0.39, 0.29) is 23.8 Å². The number of rotatable bonds is 7. The molecule has 1 atom stereocenters. The van der Waals surface area contributed by atoms with Crippen molar-refractivity contribution in [1.29, 1.82) is 0 Å². The molecule has 2 fully saturated rings. The molecule has 1 saturated heterocycles. The number of hydrogen-bond donors (Lipinski definition) is 2. The number of amides is 3. The van der Waals surface area contributed by atoms with Crippen LogP contribution in [0.25, 0.3) is 0 Å². The van der Waals surface area contributed by atoms with Crippen LogP contribution in [0.15, 0.2) is 24.3 Å². The highest BCUT2D eigenvalue weighted by Gasteiger charge is 2.35. The van der Waals surface area contributed by atoms with Gasteiger partial charge in [0.2, 0.25) is 11.8 Å². The minimum atomic E-state index is -0.544. The number of benzene rings is 1. The van der Waals surface area contributed by atoms with Gasteiger partial charge < -0.3 is 20.3 Å². The van der Waals surface area contributed by atoms with Gasteiger partial charge in [0.05, 0.1) is 0 Å². The van der Waals surface area contributed by atoms with Crippen LogP contribution in [0.2, 0.25) is 0 Å². The Hall–Kier alpha value is -2.57. The van der Waals surface area contributed by atoms with Crippen LogP contribution in [-0.2, 0) is 9.59 Å². The molecule has 7 nitrogen and oxygen atoms in total. The zero-order valence-corrected chi connectivity index (χ0v) is 16.6. The van der Waals surface area contributed by atoms with Crippen molar-refractivity contribution in [1.82, 2.24) is 15.5 Å². The lowest BCUT2D eigenvalue weighted by molar-refractivity contribution is -0.134. The Morgan fingerprint density at radius 2 is 1.75 bits per heavy atom. The molecule has 2 N–H and O–H groups in total. The highest BCUT2D eigenvalue weighted by Crippen LogP contribution is 2.32. The van der Waals surface area contributed by atoms with Gasteiger partial charge in [0.15, 0.2) is 0 Å². The monoisotopic (exact) mass is 387 g/mol. The van der Waals surface area contributed by atoms with Crippen molar-refractivity contribution in [3.63, 3.8) is 0 Å². The van der Waals surface area contributed by atoms with Crippen LogP contribution in [0.3, 0.4) is 0 Å². The fraction of sp³-hybridized carbons (Fsp3) is 0.571. The summed E-state index contributed by atoms with van der Waals surface area (Å²) in [6.45, 7) is 3.34. The maximum atomic E-state index is 12.3. The number of nitrogens with zero attached hydrogens (tertiary/aromatic N) is 1. The molecule has 1 saturated carbocycles. The zero-order valence-electron chi connectivity index (χ0n) is 16.6. The van der Waals surface area contributed by atoms with E-state index in [1.165, 1.54) is 0 Å². The van der Waals surface area contributed by atoms with Crippen molar-refractivity contribution in [3.8, 4) is 5.75 Å². The van der Waals surface area contributed by atoms with Gasteiger partial charge in [-0.3, -0.25) is 14.4 Å². The summed E-state index contributed by atoms with van der Waals surface area (Å²) in [4.78, 5) is 38.1. The molecular formula is C21H29N3O4. The summed E-state index contributed by atoms with van der Waals surface area (Å²) in [6.07, 6.45) is 4.33. The minimum Gasteiger partial charge on any atom is -0.490 e. The number of likely N-dealkylation sites (N-methyl/N-ethyl adjacent to an activating group) is 1. The predicted molar refractivity (Wildman–Crippen MR) is 105 cm³/mol. The molecule has 152 valence electrons. The van der Waals surface area contributed by atoms with Crippen molar-refractivity contribution >= 4 is 17.7 Å². The SMILES string of the molecule is CCC(NC(=O)c1ccc(OC2CCN(C(=O)C3CC3)CC2)cc1)C(=O)NC. The Balaban J connectivity index is 1.48.